The first kappa shape index (κ1) is 13.7. The lowest BCUT2D eigenvalue weighted by atomic mass is 9.83. The second kappa shape index (κ2) is 6.45. The van der Waals surface area contributed by atoms with Crippen molar-refractivity contribution >= 4 is 11.7 Å². The molecular formula is C15H21NO3. The molecule has 0 radical (unpaired) electrons. The van der Waals surface area contributed by atoms with Gasteiger partial charge < -0.3 is 15.2 Å². The minimum absolute atomic E-state index is 0.326. The second-order valence-corrected chi connectivity index (χ2v) is 4.95. The lowest BCUT2D eigenvalue weighted by Gasteiger charge is -2.24. The highest BCUT2D eigenvalue weighted by Gasteiger charge is 2.18. The molecule has 0 atom stereocenters. The highest BCUT2D eigenvalue weighted by Crippen LogP contribution is 2.29. The number of rotatable bonds is 6. The Morgan fingerprint density at radius 3 is 2.79 bits per heavy atom. The number of benzene rings is 1. The van der Waals surface area contributed by atoms with E-state index in [4.69, 9.17) is 15.2 Å². The van der Waals surface area contributed by atoms with Crippen LogP contribution in [0, 0.1) is 5.92 Å². The smallest absolute Gasteiger partial charge is 0.338 e. The Kier molecular flexibility index (Phi) is 4.66. The SMILES string of the molecule is CCOc1cc(N)cc(C(=O)OCCC2CCC2)c1. The zero-order chi connectivity index (χ0) is 13.7. The molecule has 0 saturated heterocycles. The highest BCUT2D eigenvalue weighted by molar-refractivity contribution is 5.91. The molecule has 2 rings (SSSR count). The summed E-state index contributed by atoms with van der Waals surface area (Å²) in [5.41, 5.74) is 6.71. The molecule has 1 saturated carbocycles. The van der Waals surface area contributed by atoms with Crippen LogP contribution in [0.15, 0.2) is 18.2 Å². The average Bonchev–Trinajstić information content (AvgIpc) is 2.31. The minimum Gasteiger partial charge on any atom is -0.494 e. The van der Waals surface area contributed by atoms with Gasteiger partial charge in [0.2, 0.25) is 0 Å². The lowest BCUT2D eigenvalue weighted by molar-refractivity contribution is 0.0464. The molecular weight excluding hydrogens is 242 g/mol. The molecule has 0 aliphatic heterocycles. The summed E-state index contributed by atoms with van der Waals surface area (Å²) in [6, 6.07) is 4.99. The number of esters is 1. The summed E-state index contributed by atoms with van der Waals surface area (Å²) >= 11 is 0. The number of hydrogen-bond acceptors (Lipinski definition) is 4. The number of ether oxygens (including phenoxy) is 2. The average molecular weight is 263 g/mol. The Hall–Kier alpha value is -1.71. The van der Waals surface area contributed by atoms with Crippen molar-refractivity contribution in [2.45, 2.75) is 32.6 Å². The summed E-state index contributed by atoms with van der Waals surface area (Å²) in [5, 5.41) is 0. The van der Waals surface area contributed by atoms with Gasteiger partial charge in [-0.2, -0.15) is 0 Å². The molecule has 1 aliphatic carbocycles. The van der Waals surface area contributed by atoms with E-state index in [0.29, 0.717) is 30.2 Å². The van der Waals surface area contributed by atoms with Crippen molar-refractivity contribution in [3.8, 4) is 5.75 Å². The third-order valence-corrected chi connectivity index (χ3v) is 3.46. The van der Waals surface area contributed by atoms with E-state index in [9.17, 15) is 4.79 Å². The molecule has 0 aromatic heterocycles. The number of nitrogen functional groups attached to an aromatic ring is 1. The van der Waals surface area contributed by atoms with Crippen molar-refractivity contribution in [3.05, 3.63) is 23.8 Å². The summed E-state index contributed by atoms with van der Waals surface area (Å²) in [6.45, 7) is 2.92. The van der Waals surface area contributed by atoms with E-state index in [1.807, 2.05) is 6.92 Å². The van der Waals surface area contributed by atoms with Gasteiger partial charge in [-0.25, -0.2) is 4.79 Å². The molecule has 1 aromatic carbocycles. The first-order valence-electron chi connectivity index (χ1n) is 6.89. The summed E-state index contributed by atoms with van der Waals surface area (Å²) in [4.78, 5) is 11.9. The van der Waals surface area contributed by atoms with Crippen LogP contribution >= 0.6 is 0 Å². The van der Waals surface area contributed by atoms with Crippen LogP contribution in [-0.4, -0.2) is 19.2 Å². The van der Waals surface area contributed by atoms with Gasteiger partial charge in [0.25, 0.3) is 0 Å². The van der Waals surface area contributed by atoms with Crippen LogP contribution in [0.25, 0.3) is 0 Å². The van der Waals surface area contributed by atoms with Gasteiger partial charge >= 0.3 is 5.97 Å². The number of carbonyl (C=O) groups excluding carboxylic acids is 1. The quantitative estimate of drug-likeness (QED) is 0.633. The van der Waals surface area contributed by atoms with E-state index in [1.54, 1.807) is 18.2 Å². The van der Waals surface area contributed by atoms with E-state index in [0.717, 1.165) is 12.3 Å². The normalized spacial score (nSPS) is 14.8. The van der Waals surface area contributed by atoms with E-state index in [-0.39, 0.29) is 5.97 Å². The molecule has 1 aliphatic rings. The fourth-order valence-corrected chi connectivity index (χ4v) is 2.17. The van der Waals surface area contributed by atoms with E-state index >= 15 is 0 Å². The lowest BCUT2D eigenvalue weighted by Crippen LogP contribution is -2.15. The predicted molar refractivity (Wildman–Crippen MR) is 74.3 cm³/mol. The zero-order valence-electron chi connectivity index (χ0n) is 11.4. The van der Waals surface area contributed by atoms with Crippen molar-refractivity contribution in [2.75, 3.05) is 18.9 Å². The highest BCUT2D eigenvalue weighted by atomic mass is 16.5. The van der Waals surface area contributed by atoms with Crippen LogP contribution in [-0.2, 0) is 4.74 Å². The third-order valence-electron chi connectivity index (χ3n) is 3.46. The number of carbonyl (C=O) groups is 1. The Bertz CT molecular complexity index is 441. The summed E-state index contributed by atoms with van der Waals surface area (Å²) in [7, 11) is 0. The maximum absolute atomic E-state index is 11.9. The van der Waals surface area contributed by atoms with Crippen LogP contribution in [0.2, 0.25) is 0 Å². The van der Waals surface area contributed by atoms with Crippen molar-refractivity contribution in [2.24, 2.45) is 5.92 Å². The van der Waals surface area contributed by atoms with Crippen molar-refractivity contribution in [1.29, 1.82) is 0 Å². The standard InChI is InChI=1S/C15H21NO3/c1-2-18-14-9-12(8-13(16)10-14)15(17)19-7-6-11-4-3-5-11/h8-11H,2-7,16H2,1H3. The fourth-order valence-electron chi connectivity index (χ4n) is 2.17. The molecule has 1 fully saturated rings. The van der Waals surface area contributed by atoms with Gasteiger partial charge in [0, 0.05) is 11.8 Å². The monoisotopic (exact) mass is 263 g/mol. The van der Waals surface area contributed by atoms with Crippen LogP contribution in [0.4, 0.5) is 5.69 Å². The van der Waals surface area contributed by atoms with Gasteiger partial charge in [-0.15, -0.1) is 0 Å². The molecule has 0 spiro atoms. The molecule has 0 bridgehead atoms. The molecule has 0 heterocycles. The first-order chi connectivity index (χ1) is 9.19. The molecule has 2 N–H and O–H groups in total. The summed E-state index contributed by atoms with van der Waals surface area (Å²) < 4.78 is 10.6. The Labute approximate surface area is 113 Å². The first-order valence-corrected chi connectivity index (χ1v) is 6.89. The van der Waals surface area contributed by atoms with Crippen molar-refractivity contribution < 1.29 is 14.3 Å². The molecule has 19 heavy (non-hydrogen) atoms. The maximum Gasteiger partial charge on any atom is 0.338 e. The van der Waals surface area contributed by atoms with Gasteiger partial charge in [0.15, 0.2) is 0 Å². The van der Waals surface area contributed by atoms with E-state index in [2.05, 4.69) is 0 Å². The van der Waals surface area contributed by atoms with Gasteiger partial charge in [-0.1, -0.05) is 19.3 Å². The van der Waals surface area contributed by atoms with Gasteiger partial charge in [-0.05, 0) is 31.4 Å². The maximum atomic E-state index is 11.9. The van der Waals surface area contributed by atoms with E-state index in [1.165, 1.54) is 19.3 Å². The molecule has 4 nitrogen and oxygen atoms in total. The Morgan fingerprint density at radius 2 is 2.16 bits per heavy atom. The number of anilines is 1. The van der Waals surface area contributed by atoms with Gasteiger partial charge in [0.05, 0.1) is 18.8 Å². The van der Waals surface area contributed by atoms with Gasteiger partial charge in [0.1, 0.15) is 5.75 Å². The van der Waals surface area contributed by atoms with Crippen LogP contribution in [0.1, 0.15) is 43.0 Å². The molecule has 1 aromatic rings. The van der Waals surface area contributed by atoms with Crippen molar-refractivity contribution in [1.82, 2.24) is 0 Å². The fraction of sp³-hybridized carbons (Fsp3) is 0.533. The van der Waals surface area contributed by atoms with Crippen LogP contribution in [0.3, 0.4) is 0 Å². The largest absolute Gasteiger partial charge is 0.494 e. The number of nitrogens with two attached hydrogens (primary N) is 1. The second-order valence-electron chi connectivity index (χ2n) is 4.95. The van der Waals surface area contributed by atoms with Gasteiger partial charge in [-0.3, -0.25) is 0 Å². The topological polar surface area (TPSA) is 61.5 Å². The van der Waals surface area contributed by atoms with E-state index < -0.39 is 0 Å². The molecule has 4 heteroatoms. The Morgan fingerprint density at radius 1 is 1.37 bits per heavy atom. The zero-order valence-corrected chi connectivity index (χ0v) is 11.4. The molecule has 104 valence electrons. The molecule has 0 unspecified atom stereocenters. The van der Waals surface area contributed by atoms with Crippen LogP contribution in [0.5, 0.6) is 5.75 Å². The number of hydrogen-bond donors (Lipinski definition) is 1. The predicted octanol–water partition coefficient (Wildman–Crippen LogP) is 3.01. The minimum atomic E-state index is -0.326. The van der Waals surface area contributed by atoms with Crippen molar-refractivity contribution in [3.63, 3.8) is 0 Å². The summed E-state index contributed by atoms with van der Waals surface area (Å²) in [6.07, 6.45) is 4.81. The summed E-state index contributed by atoms with van der Waals surface area (Å²) in [5.74, 6) is 1.02. The Balaban J connectivity index is 1.89. The van der Waals surface area contributed by atoms with Crippen LogP contribution < -0.4 is 10.5 Å². The third kappa shape index (κ3) is 3.88. The molecule has 0 amide bonds.